The molecular formula is C12H25NO. The monoisotopic (exact) mass is 199 g/mol. The SMILES string of the molecule is CC(C)CCOCCNCC1(C)CC1. The Labute approximate surface area is 88.4 Å². The quantitative estimate of drug-likeness (QED) is 0.606. The lowest BCUT2D eigenvalue weighted by Crippen LogP contribution is -2.26. The molecule has 1 N–H and O–H groups in total. The third-order valence-corrected chi connectivity index (χ3v) is 2.92. The molecule has 0 aromatic rings. The van der Waals surface area contributed by atoms with Gasteiger partial charge in [-0.05, 0) is 30.6 Å². The van der Waals surface area contributed by atoms with Crippen molar-refractivity contribution in [1.29, 1.82) is 0 Å². The second-order valence-electron chi connectivity index (χ2n) is 5.28. The molecule has 0 aromatic carbocycles. The highest BCUT2D eigenvalue weighted by atomic mass is 16.5. The normalized spacial score (nSPS) is 18.9. The predicted octanol–water partition coefficient (Wildman–Crippen LogP) is 2.44. The third kappa shape index (κ3) is 5.61. The van der Waals surface area contributed by atoms with Crippen molar-refractivity contribution in [2.45, 2.75) is 40.0 Å². The average molecular weight is 199 g/mol. The van der Waals surface area contributed by atoms with Crippen molar-refractivity contribution in [2.75, 3.05) is 26.3 Å². The van der Waals surface area contributed by atoms with Gasteiger partial charge in [-0.2, -0.15) is 0 Å². The van der Waals surface area contributed by atoms with Crippen LogP contribution in [-0.2, 0) is 4.74 Å². The average Bonchev–Trinajstić information content (AvgIpc) is 2.82. The van der Waals surface area contributed by atoms with Gasteiger partial charge in [0.2, 0.25) is 0 Å². The largest absolute Gasteiger partial charge is 0.380 e. The number of hydrogen-bond acceptors (Lipinski definition) is 2. The predicted molar refractivity (Wildman–Crippen MR) is 60.5 cm³/mol. The molecule has 0 amide bonds. The number of ether oxygens (including phenoxy) is 1. The summed E-state index contributed by atoms with van der Waals surface area (Å²) in [6.45, 7) is 10.8. The molecule has 0 spiro atoms. The molecular weight excluding hydrogens is 174 g/mol. The Morgan fingerprint density at radius 2 is 2.00 bits per heavy atom. The second kappa shape index (κ2) is 5.72. The zero-order chi connectivity index (χ0) is 10.4. The van der Waals surface area contributed by atoms with E-state index in [2.05, 4.69) is 26.1 Å². The highest BCUT2D eigenvalue weighted by molar-refractivity contribution is 4.90. The molecule has 0 aromatic heterocycles. The van der Waals surface area contributed by atoms with E-state index in [0.29, 0.717) is 5.41 Å². The van der Waals surface area contributed by atoms with Crippen molar-refractivity contribution >= 4 is 0 Å². The molecule has 0 aliphatic heterocycles. The van der Waals surface area contributed by atoms with Crippen LogP contribution in [0.15, 0.2) is 0 Å². The number of nitrogens with one attached hydrogen (secondary N) is 1. The number of rotatable bonds is 8. The molecule has 0 heterocycles. The van der Waals surface area contributed by atoms with Crippen molar-refractivity contribution < 1.29 is 4.74 Å². The van der Waals surface area contributed by atoms with Crippen molar-refractivity contribution in [3.8, 4) is 0 Å². The van der Waals surface area contributed by atoms with Crippen molar-refractivity contribution in [1.82, 2.24) is 5.32 Å². The lowest BCUT2D eigenvalue weighted by molar-refractivity contribution is 0.124. The maximum Gasteiger partial charge on any atom is 0.0590 e. The van der Waals surface area contributed by atoms with E-state index < -0.39 is 0 Å². The Hall–Kier alpha value is -0.0800. The molecule has 2 nitrogen and oxygen atoms in total. The van der Waals surface area contributed by atoms with E-state index in [1.165, 1.54) is 25.8 Å². The first kappa shape index (κ1) is 12.0. The maximum absolute atomic E-state index is 5.52. The Morgan fingerprint density at radius 3 is 2.57 bits per heavy atom. The van der Waals surface area contributed by atoms with Gasteiger partial charge in [0.15, 0.2) is 0 Å². The van der Waals surface area contributed by atoms with E-state index in [0.717, 1.165) is 25.7 Å². The van der Waals surface area contributed by atoms with Crippen LogP contribution in [0.2, 0.25) is 0 Å². The summed E-state index contributed by atoms with van der Waals surface area (Å²) in [4.78, 5) is 0. The first-order valence-electron chi connectivity index (χ1n) is 5.91. The maximum atomic E-state index is 5.52. The summed E-state index contributed by atoms with van der Waals surface area (Å²) < 4.78 is 5.52. The molecule has 1 saturated carbocycles. The molecule has 0 saturated heterocycles. The Balaban J connectivity index is 1.76. The summed E-state index contributed by atoms with van der Waals surface area (Å²) in [5.74, 6) is 0.758. The van der Waals surface area contributed by atoms with Gasteiger partial charge in [0.25, 0.3) is 0 Å². The number of hydrogen-bond donors (Lipinski definition) is 1. The van der Waals surface area contributed by atoms with Crippen LogP contribution < -0.4 is 5.32 Å². The van der Waals surface area contributed by atoms with E-state index in [4.69, 9.17) is 4.74 Å². The van der Waals surface area contributed by atoms with Crippen LogP contribution in [0.25, 0.3) is 0 Å². The van der Waals surface area contributed by atoms with Crippen molar-refractivity contribution in [3.05, 3.63) is 0 Å². The van der Waals surface area contributed by atoms with Crippen LogP contribution in [0.4, 0.5) is 0 Å². The lowest BCUT2D eigenvalue weighted by atomic mass is 10.1. The summed E-state index contributed by atoms with van der Waals surface area (Å²) in [5.41, 5.74) is 0.623. The van der Waals surface area contributed by atoms with Gasteiger partial charge in [0, 0.05) is 19.7 Å². The van der Waals surface area contributed by atoms with Gasteiger partial charge in [-0.25, -0.2) is 0 Å². The topological polar surface area (TPSA) is 21.3 Å². The molecule has 0 unspecified atom stereocenters. The minimum Gasteiger partial charge on any atom is -0.380 e. The summed E-state index contributed by atoms with van der Waals surface area (Å²) in [5, 5.41) is 3.45. The molecule has 0 atom stereocenters. The highest BCUT2D eigenvalue weighted by Crippen LogP contribution is 2.43. The Kier molecular flexibility index (Phi) is 4.90. The third-order valence-electron chi connectivity index (χ3n) is 2.92. The van der Waals surface area contributed by atoms with E-state index in [1.54, 1.807) is 0 Å². The molecule has 84 valence electrons. The zero-order valence-electron chi connectivity index (χ0n) is 9.94. The lowest BCUT2D eigenvalue weighted by Gasteiger charge is -2.10. The summed E-state index contributed by atoms with van der Waals surface area (Å²) in [6.07, 6.45) is 3.97. The van der Waals surface area contributed by atoms with Crippen LogP contribution in [0.1, 0.15) is 40.0 Å². The first-order valence-corrected chi connectivity index (χ1v) is 5.91. The fourth-order valence-corrected chi connectivity index (χ4v) is 1.35. The summed E-state index contributed by atoms with van der Waals surface area (Å²) in [7, 11) is 0. The van der Waals surface area contributed by atoms with Gasteiger partial charge >= 0.3 is 0 Å². The fourth-order valence-electron chi connectivity index (χ4n) is 1.35. The van der Waals surface area contributed by atoms with Crippen LogP contribution in [0, 0.1) is 11.3 Å². The fraction of sp³-hybridized carbons (Fsp3) is 1.00. The van der Waals surface area contributed by atoms with Crippen LogP contribution in [-0.4, -0.2) is 26.3 Å². The molecule has 1 rings (SSSR count). The molecule has 0 radical (unpaired) electrons. The molecule has 2 heteroatoms. The standard InChI is InChI=1S/C12H25NO/c1-11(2)4-8-14-9-7-13-10-12(3)5-6-12/h11,13H,4-10H2,1-3H3. The molecule has 1 fully saturated rings. The minimum absolute atomic E-state index is 0.623. The van der Waals surface area contributed by atoms with Gasteiger partial charge in [-0.1, -0.05) is 20.8 Å². The van der Waals surface area contributed by atoms with Gasteiger partial charge < -0.3 is 10.1 Å². The molecule has 1 aliphatic rings. The smallest absolute Gasteiger partial charge is 0.0590 e. The van der Waals surface area contributed by atoms with Gasteiger partial charge in [-0.3, -0.25) is 0 Å². The van der Waals surface area contributed by atoms with Crippen molar-refractivity contribution in [3.63, 3.8) is 0 Å². The van der Waals surface area contributed by atoms with Gasteiger partial charge in [-0.15, -0.1) is 0 Å². The van der Waals surface area contributed by atoms with Crippen LogP contribution >= 0.6 is 0 Å². The van der Waals surface area contributed by atoms with Crippen LogP contribution in [0.5, 0.6) is 0 Å². The summed E-state index contributed by atoms with van der Waals surface area (Å²) in [6, 6.07) is 0. The van der Waals surface area contributed by atoms with E-state index in [-0.39, 0.29) is 0 Å². The van der Waals surface area contributed by atoms with E-state index in [1.807, 2.05) is 0 Å². The highest BCUT2D eigenvalue weighted by Gasteiger charge is 2.36. The Bertz CT molecular complexity index is 152. The van der Waals surface area contributed by atoms with Crippen molar-refractivity contribution in [2.24, 2.45) is 11.3 Å². The first-order chi connectivity index (χ1) is 6.62. The minimum atomic E-state index is 0.623. The molecule has 0 bridgehead atoms. The molecule has 14 heavy (non-hydrogen) atoms. The van der Waals surface area contributed by atoms with E-state index >= 15 is 0 Å². The second-order valence-corrected chi connectivity index (χ2v) is 5.28. The van der Waals surface area contributed by atoms with Gasteiger partial charge in [0.1, 0.15) is 0 Å². The summed E-state index contributed by atoms with van der Waals surface area (Å²) >= 11 is 0. The van der Waals surface area contributed by atoms with E-state index in [9.17, 15) is 0 Å². The molecule has 1 aliphatic carbocycles. The zero-order valence-corrected chi connectivity index (χ0v) is 9.94. The van der Waals surface area contributed by atoms with Crippen LogP contribution in [0.3, 0.4) is 0 Å². The van der Waals surface area contributed by atoms with Gasteiger partial charge in [0.05, 0.1) is 6.61 Å². The Morgan fingerprint density at radius 1 is 1.29 bits per heavy atom.